The lowest BCUT2D eigenvalue weighted by atomic mass is 9.93. The van der Waals surface area contributed by atoms with Gasteiger partial charge in [0.25, 0.3) is 0 Å². The van der Waals surface area contributed by atoms with Crippen molar-refractivity contribution in [3.63, 3.8) is 0 Å². The van der Waals surface area contributed by atoms with Gasteiger partial charge in [0.2, 0.25) is 0 Å². The van der Waals surface area contributed by atoms with Crippen molar-refractivity contribution in [3.8, 4) is 0 Å². The fourth-order valence-corrected chi connectivity index (χ4v) is 5.15. The lowest BCUT2D eigenvalue weighted by Crippen LogP contribution is -2.43. The molecule has 4 rings (SSSR count). The smallest absolute Gasteiger partial charge is 0.186 e. The minimum atomic E-state index is -0.594. The van der Waals surface area contributed by atoms with E-state index in [4.69, 9.17) is 0 Å². The third-order valence-corrected chi connectivity index (χ3v) is 6.99. The van der Waals surface area contributed by atoms with Gasteiger partial charge < -0.3 is 0 Å². The van der Waals surface area contributed by atoms with Crippen molar-refractivity contribution in [2.75, 3.05) is 13.1 Å². The largest absolute Gasteiger partial charge is 0.297 e. The fraction of sp³-hybridized carbons (Fsp3) is 0.429. The SMILES string of the molecule is CC(=O)SC1CCN(C(C(=O)C2CC2)c2ccccc2F)C/C1=C\c1csnn1. The van der Waals surface area contributed by atoms with E-state index in [1.807, 2.05) is 11.5 Å². The van der Waals surface area contributed by atoms with E-state index in [1.54, 1.807) is 25.1 Å². The molecule has 1 aromatic carbocycles. The first-order valence-electron chi connectivity index (χ1n) is 9.70. The van der Waals surface area contributed by atoms with Crippen molar-refractivity contribution >= 4 is 40.3 Å². The molecule has 0 N–H and O–H groups in total. The number of hydrogen-bond donors (Lipinski definition) is 0. The Hall–Kier alpha value is -1.90. The van der Waals surface area contributed by atoms with E-state index in [-0.39, 0.29) is 27.9 Å². The maximum absolute atomic E-state index is 14.6. The molecule has 5 nitrogen and oxygen atoms in total. The Morgan fingerprint density at radius 1 is 1.31 bits per heavy atom. The number of thioether (sulfide) groups is 1. The number of rotatable bonds is 6. The van der Waals surface area contributed by atoms with Crippen LogP contribution in [-0.4, -0.2) is 43.7 Å². The molecule has 2 aliphatic rings. The topological polar surface area (TPSA) is 63.2 Å². The lowest BCUT2D eigenvalue weighted by molar-refractivity contribution is -0.126. The van der Waals surface area contributed by atoms with Crippen LogP contribution in [0.1, 0.15) is 43.5 Å². The summed E-state index contributed by atoms with van der Waals surface area (Å²) >= 11 is 2.58. The number of halogens is 1. The van der Waals surface area contributed by atoms with Crippen LogP contribution < -0.4 is 0 Å². The van der Waals surface area contributed by atoms with Crippen LogP contribution in [0.4, 0.5) is 4.39 Å². The zero-order chi connectivity index (χ0) is 20.4. The maximum Gasteiger partial charge on any atom is 0.186 e. The zero-order valence-electron chi connectivity index (χ0n) is 16.1. The van der Waals surface area contributed by atoms with Gasteiger partial charge in [-0.1, -0.05) is 34.4 Å². The number of ketones is 1. The molecule has 8 heteroatoms. The highest BCUT2D eigenvalue weighted by Crippen LogP contribution is 2.40. The highest BCUT2D eigenvalue weighted by Gasteiger charge is 2.41. The molecule has 2 unspecified atom stereocenters. The first-order valence-corrected chi connectivity index (χ1v) is 11.4. The molecular weight excluding hydrogens is 409 g/mol. The van der Waals surface area contributed by atoms with Crippen LogP contribution in [0, 0.1) is 11.7 Å². The monoisotopic (exact) mass is 431 g/mol. The van der Waals surface area contributed by atoms with Gasteiger partial charge in [-0.15, -0.1) is 5.10 Å². The van der Waals surface area contributed by atoms with Crippen LogP contribution in [0.2, 0.25) is 0 Å². The number of nitrogens with zero attached hydrogens (tertiary/aromatic N) is 3. The number of benzene rings is 1. The molecule has 2 atom stereocenters. The molecule has 0 radical (unpaired) electrons. The molecule has 2 heterocycles. The third-order valence-electron chi connectivity index (χ3n) is 5.31. The summed E-state index contributed by atoms with van der Waals surface area (Å²) in [4.78, 5) is 26.9. The Labute approximate surface area is 177 Å². The second-order valence-electron chi connectivity index (χ2n) is 7.51. The van der Waals surface area contributed by atoms with E-state index in [0.29, 0.717) is 18.7 Å². The van der Waals surface area contributed by atoms with Crippen LogP contribution in [0.15, 0.2) is 35.2 Å². The van der Waals surface area contributed by atoms with Crippen LogP contribution in [0.25, 0.3) is 6.08 Å². The Morgan fingerprint density at radius 3 is 2.76 bits per heavy atom. The molecule has 1 aliphatic carbocycles. The van der Waals surface area contributed by atoms with Gasteiger partial charge >= 0.3 is 0 Å². The van der Waals surface area contributed by atoms with Gasteiger partial charge in [-0.3, -0.25) is 14.5 Å². The van der Waals surface area contributed by atoms with Gasteiger partial charge in [0.15, 0.2) is 10.9 Å². The average molecular weight is 432 g/mol. The molecule has 29 heavy (non-hydrogen) atoms. The van der Waals surface area contributed by atoms with Crippen LogP contribution in [0.5, 0.6) is 0 Å². The Balaban J connectivity index is 1.66. The minimum Gasteiger partial charge on any atom is -0.297 e. The second kappa shape index (κ2) is 8.85. The highest BCUT2D eigenvalue weighted by molar-refractivity contribution is 8.14. The van der Waals surface area contributed by atoms with Gasteiger partial charge in [-0.05, 0) is 48.5 Å². The van der Waals surface area contributed by atoms with Crippen molar-refractivity contribution in [2.45, 2.75) is 37.5 Å². The summed E-state index contributed by atoms with van der Waals surface area (Å²) in [5, 5.41) is 6.04. The number of carbonyl (C=O) groups excluding carboxylic acids is 2. The van der Waals surface area contributed by atoms with Crippen molar-refractivity contribution in [3.05, 3.63) is 52.3 Å². The molecule has 0 bridgehead atoms. The quantitative estimate of drug-likeness (QED) is 0.685. The van der Waals surface area contributed by atoms with Gasteiger partial charge in [-0.25, -0.2) is 4.39 Å². The van der Waals surface area contributed by atoms with E-state index in [9.17, 15) is 14.0 Å². The molecule has 0 spiro atoms. The lowest BCUT2D eigenvalue weighted by Gasteiger charge is -2.38. The van der Waals surface area contributed by atoms with E-state index < -0.39 is 6.04 Å². The molecule has 1 aromatic heterocycles. The molecule has 2 fully saturated rings. The van der Waals surface area contributed by atoms with E-state index in [1.165, 1.54) is 29.4 Å². The normalized spacial score (nSPS) is 22.6. The Bertz CT molecular complexity index is 928. The van der Waals surface area contributed by atoms with Crippen molar-refractivity contribution in [1.82, 2.24) is 14.5 Å². The summed E-state index contributed by atoms with van der Waals surface area (Å²) in [6, 6.07) is 5.96. The van der Waals surface area contributed by atoms with Gasteiger partial charge in [0, 0.05) is 42.1 Å². The summed E-state index contributed by atoms with van der Waals surface area (Å²) in [6.07, 6.45) is 4.44. The minimum absolute atomic E-state index is 0.0269. The van der Waals surface area contributed by atoms with Crippen molar-refractivity contribution in [2.24, 2.45) is 5.92 Å². The van der Waals surface area contributed by atoms with Gasteiger partial charge in [-0.2, -0.15) is 0 Å². The van der Waals surface area contributed by atoms with Crippen LogP contribution >= 0.6 is 23.3 Å². The standard InChI is InChI=1S/C21H22FN3O2S2/c1-13(26)29-19-8-9-25(11-15(19)10-16-12-28-24-23-16)20(21(27)14-6-7-14)17-4-2-3-5-18(17)22/h2-5,10,12,14,19-20H,6-9,11H2,1H3/b15-10+. The molecule has 0 amide bonds. The zero-order valence-corrected chi connectivity index (χ0v) is 17.7. The predicted octanol–water partition coefficient (Wildman–Crippen LogP) is 4.14. The average Bonchev–Trinajstić information content (AvgIpc) is 3.42. The maximum atomic E-state index is 14.6. The van der Waals surface area contributed by atoms with E-state index in [2.05, 4.69) is 14.5 Å². The Kier molecular flexibility index (Phi) is 6.22. The van der Waals surface area contributed by atoms with Crippen molar-refractivity contribution < 1.29 is 14.0 Å². The third kappa shape index (κ3) is 4.82. The number of likely N-dealkylation sites (tertiary alicyclic amines) is 1. The van der Waals surface area contributed by atoms with Crippen molar-refractivity contribution in [1.29, 1.82) is 0 Å². The second-order valence-corrected chi connectivity index (χ2v) is 9.50. The number of aromatic nitrogens is 2. The summed E-state index contributed by atoms with van der Waals surface area (Å²) in [5.41, 5.74) is 2.21. The summed E-state index contributed by atoms with van der Waals surface area (Å²) in [6.45, 7) is 2.70. The summed E-state index contributed by atoms with van der Waals surface area (Å²) in [5.74, 6) is -0.220. The van der Waals surface area contributed by atoms with Crippen LogP contribution in [0.3, 0.4) is 0 Å². The number of hydrogen-bond acceptors (Lipinski definition) is 7. The number of Topliss-reactive ketones (excluding diaryl/α,β-unsaturated/α-hetero) is 1. The first-order chi connectivity index (χ1) is 14.0. The first kappa shape index (κ1) is 20.4. The molecule has 152 valence electrons. The van der Waals surface area contributed by atoms with E-state index in [0.717, 1.165) is 30.5 Å². The van der Waals surface area contributed by atoms with Gasteiger partial charge in [0.1, 0.15) is 5.82 Å². The number of piperidine rings is 1. The molecule has 2 aromatic rings. The predicted molar refractivity (Wildman–Crippen MR) is 113 cm³/mol. The van der Waals surface area contributed by atoms with Gasteiger partial charge in [0.05, 0.1) is 11.7 Å². The highest BCUT2D eigenvalue weighted by atomic mass is 32.2. The summed E-state index contributed by atoms with van der Waals surface area (Å²) < 4.78 is 18.5. The van der Waals surface area contributed by atoms with E-state index >= 15 is 0 Å². The molecule has 1 aliphatic heterocycles. The number of carbonyl (C=O) groups is 2. The van der Waals surface area contributed by atoms with Crippen LogP contribution in [-0.2, 0) is 9.59 Å². The Morgan fingerprint density at radius 2 is 2.10 bits per heavy atom. The fourth-order valence-electron chi connectivity index (χ4n) is 3.82. The molecular formula is C21H22FN3O2S2. The summed E-state index contributed by atoms with van der Waals surface area (Å²) in [7, 11) is 0. The molecule has 1 saturated heterocycles. The molecule has 1 saturated carbocycles.